The van der Waals surface area contributed by atoms with Crippen LogP contribution < -0.4 is 10.8 Å². The van der Waals surface area contributed by atoms with Crippen LogP contribution in [-0.4, -0.2) is 54.5 Å². The summed E-state index contributed by atoms with van der Waals surface area (Å²) < 4.78 is 0. The summed E-state index contributed by atoms with van der Waals surface area (Å²) in [5.74, 6) is 0.678. The fourth-order valence-corrected chi connectivity index (χ4v) is 1.74. The quantitative estimate of drug-likeness (QED) is 0.143. The van der Waals surface area contributed by atoms with Gasteiger partial charge in [-0.05, 0) is 53.7 Å². The highest BCUT2D eigenvalue weighted by Gasteiger charge is 2.07. The SMILES string of the molecule is CCNO/C(C)=C/C(=N/C=N)C(/C)=C/NC(C)CCN(C)C(C)O. The Balaban J connectivity index is 4.69. The van der Waals surface area contributed by atoms with E-state index in [2.05, 4.69) is 22.7 Å². The van der Waals surface area contributed by atoms with Gasteiger partial charge in [0.25, 0.3) is 0 Å². The Labute approximate surface area is 146 Å². The minimum atomic E-state index is -0.439. The Bertz CT molecular complexity index is 458. The van der Waals surface area contributed by atoms with Crippen molar-refractivity contribution >= 4 is 12.1 Å². The van der Waals surface area contributed by atoms with Gasteiger partial charge in [0.1, 0.15) is 18.3 Å². The largest absolute Gasteiger partial charge is 0.413 e. The number of aliphatic imine (C=N–C) groups is 1. The van der Waals surface area contributed by atoms with E-state index < -0.39 is 6.23 Å². The standard InChI is InChI=1S/C17H33N5O2/c1-7-21-24-15(4)10-17(20-12-18)13(2)11-19-14(3)8-9-22(6)16(5)23/h10-12,14,16,18-19,21,23H,7-9H2,1-6H3/b13-11+,15-10+,18-12?,20-17-. The van der Waals surface area contributed by atoms with E-state index in [1.54, 1.807) is 13.0 Å². The van der Waals surface area contributed by atoms with Crippen molar-refractivity contribution in [3.63, 3.8) is 0 Å². The highest BCUT2D eigenvalue weighted by molar-refractivity contribution is 6.10. The van der Waals surface area contributed by atoms with Crippen molar-refractivity contribution in [2.24, 2.45) is 4.99 Å². The molecule has 0 spiro atoms. The van der Waals surface area contributed by atoms with E-state index in [1.165, 1.54) is 0 Å². The number of aliphatic hydroxyl groups excluding tert-OH is 1. The van der Waals surface area contributed by atoms with Crippen molar-refractivity contribution in [3.8, 4) is 0 Å². The molecule has 0 radical (unpaired) electrons. The van der Waals surface area contributed by atoms with Crippen LogP contribution in [0.5, 0.6) is 0 Å². The zero-order valence-corrected chi connectivity index (χ0v) is 15.8. The van der Waals surface area contributed by atoms with Crippen LogP contribution in [0.25, 0.3) is 0 Å². The van der Waals surface area contributed by atoms with E-state index >= 15 is 0 Å². The maximum Gasteiger partial charge on any atom is 0.123 e. The van der Waals surface area contributed by atoms with Crippen LogP contribution in [0.3, 0.4) is 0 Å². The fourth-order valence-electron chi connectivity index (χ4n) is 1.74. The second-order valence-electron chi connectivity index (χ2n) is 5.79. The van der Waals surface area contributed by atoms with Gasteiger partial charge in [-0.2, -0.15) is 5.48 Å². The molecule has 0 aliphatic carbocycles. The number of hydroxylamine groups is 1. The number of nitrogens with one attached hydrogen (secondary N) is 3. The van der Waals surface area contributed by atoms with Crippen molar-refractivity contribution in [2.45, 2.75) is 53.3 Å². The Hall–Kier alpha value is -1.70. The summed E-state index contributed by atoms with van der Waals surface area (Å²) in [5.41, 5.74) is 4.36. The van der Waals surface area contributed by atoms with Crippen LogP contribution in [0.15, 0.2) is 28.6 Å². The average Bonchev–Trinajstić information content (AvgIpc) is 2.54. The summed E-state index contributed by atoms with van der Waals surface area (Å²) in [6.45, 7) is 11.1. The van der Waals surface area contributed by atoms with Crippen LogP contribution in [0.2, 0.25) is 0 Å². The first-order valence-electron chi connectivity index (χ1n) is 8.28. The summed E-state index contributed by atoms with van der Waals surface area (Å²) in [6.07, 6.45) is 5.16. The van der Waals surface area contributed by atoms with E-state index in [9.17, 15) is 5.11 Å². The number of aliphatic hydroxyl groups is 1. The highest BCUT2D eigenvalue weighted by Crippen LogP contribution is 2.04. The summed E-state index contributed by atoms with van der Waals surface area (Å²) in [5, 5.41) is 20.0. The molecule has 138 valence electrons. The lowest BCUT2D eigenvalue weighted by Gasteiger charge is -2.22. The molecule has 2 atom stereocenters. The van der Waals surface area contributed by atoms with Crippen molar-refractivity contribution in [2.75, 3.05) is 20.1 Å². The zero-order chi connectivity index (χ0) is 18.5. The van der Waals surface area contributed by atoms with Crippen LogP contribution in [0.1, 0.15) is 41.0 Å². The first kappa shape index (κ1) is 22.3. The van der Waals surface area contributed by atoms with Crippen LogP contribution in [0.4, 0.5) is 0 Å². The highest BCUT2D eigenvalue weighted by atomic mass is 16.6. The summed E-state index contributed by atoms with van der Waals surface area (Å²) in [6, 6.07) is 0.255. The number of nitrogens with zero attached hydrogens (tertiary/aromatic N) is 2. The second kappa shape index (κ2) is 12.7. The van der Waals surface area contributed by atoms with Crippen molar-refractivity contribution in [3.05, 3.63) is 23.6 Å². The number of hydrogen-bond donors (Lipinski definition) is 4. The summed E-state index contributed by atoms with van der Waals surface area (Å²) in [4.78, 5) is 11.3. The molecule has 24 heavy (non-hydrogen) atoms. The van der Waals surface area contributed by atoms with Gasteiger partial charge in [0, 0.05) is 31.4 Å². The summed E-state index contributed by atoms with van der Waals surface area (Å²) in [7, 11) is 1.89. The van der Waals surface area contributed by atoms with Crippen molar-refractivity contribution in [1.82, 2.24) is 15.7 Å². The minimum Gasteiger partial charge on any atom is -0.413 e. The van der Waals surface area contributed by atoms with Crippen molar-refractivity contribution < 1.29 is 9.94 Å². The van der Waals surface area contributed by atoms with E-state index in [-0.39, 0.29) is 6.04 Å². The van der Waals surface area contributed by atoms with E-state index in [4.69, 9.17) is 10.2 Å². The Morgan fingerprint density at radius 1 is 1.38 bits per heavy atom. The van der Waals surface area contributed by atoms with Gasteiger partial charge in [0.2, 0.25) is 0 Å². The monoisotopic (exact) mass is 339 g/mol. The molecule has 4 N–H and O–H groups in total. The maximum absolute atomic E-state index is 9.46. The molecule has 0 aliphatic rings. The van der Waals surface area contributed by atoms with Crippen LogP contribution in [0, 0.1) is 5.41 Å². The topological polar surface area (TPSA) is 93.0 Å². The van der Waals surface area contributed by atoms with Gasteiger partial charge in [0.15, 0.2) is 0 Å². The first-order valence-corrected chi connectivity index (χ1v) is 8.28. The van der Waals surface area contributed by atoms with Crippen molar-refractivity contribution in [1.29, 1.82) is 5.41 Å². The lowest BCUT2D eigenvalue weighted by atomic mass is 10.1. The third kappa shape index (κ3) is 10.1. The molecular weight excluding hydrogens is 306 g/mol. The molecule has 0 saturated carbocycles. The normalized spacial score (nSPS) is 16.1. The van der Waals surface area contributed by atoms with Crippen LogP contribution in [-0.2, 0) is 4.84 Å². The smallest absolute Gasteiger partial charge is 0.123 e. The van der Waals surface area contributed by atoms with Gasteiger partial charge in [-0.1, -0.05) is 0 Å². The number of allylic oxidation sites excluding steroid dienone is 3. The molecule has 0 fully saturated rings. The molecule has 7 nitrogen and oxygen atoms in total. The third-order valence-corrected chi connectivity index (χ3v) is 3.46. The maximum atomic E-state index is 9.46. The lowest BCUT2D eigenvalue weighted by Crippen LogP contribution is -2.33. The number of rotatable bonds is 12. The molecule has 0 bridgehead atoms. The van der Waals surface area contributed by atoms with Gasteiger partial charge >= 0.3 is 0 Å². The molecule has 7 heteroatoms. The van der Waals surface area contributed by atoms with Crippen LogP contribution >= 0.6 is 0 Å². The minimum absolute atomic E-state index is 0.255. The Kier molecular flexibility index (Phi) is 11.8. The van der Waals surface area contributed by atoms with Gasteiger partial charge in [-0.15, -0.1) is 0 Å². The molecule has 0 saturated heterocycles. The molecule has 0 aromatic rings. The molecular formula is C17H33N5O2. The van der Waals surface area contributed by atoms with Gasteiger partial charge in [-0.25, -0.2) is 4.99 Å². The molecule has 0 aromatic carbocycles. The molecule has 2 unspecified atom stereocenters. The molecule has 0 aromatic heterocycles. The van der Waals surface area contributed by atoms with Gasteiger partial charge < -0.3 is 15.3 Å². The molecule has 0 rings (SSSR count). The average molecular weight is 339 g/mol. The summed E-state index contributed by atoms with van der Waals surface area (Å²) >= 11 is 0. The Morgan fingerprint density at radius 2 is 2.04 bits per heavy atom. The predicted molar refractivity (Wildman–Crippen MR) is 100 cm³/mol. The fraction of sp³-hybridized carbons (Fsp3) is 0.647. The predicted octanol–water partition coefficient (Wildman–Crippen LogP) is 2.02. The first-order chi connectivity index (χ1) is 11.3. The number of hydrogen-bond acceptors (Lipinski definition) is 6. The molecule has 0 amide bonds. The van der Waals surface area contributed by atoms with Gasteiger partial charge in [0.05, 0.1) is 5.71 Å². The van der Waals surface area contributed by atoms with E-state index in [0.717, 1.165) is 24.9 Å². The second-order valence-corrected chi connectivity index (χ2v) is 5.79. The van der Waals surface area contributed by atoms with Gasteiger partial charge in [-0.3, -0.25) is 10.3 Å². The molecule has 0 aliphatic heterocycles. The lowest BCUT2D eigenvalue weighted by molar-refractivity contribution is 0.0365. The van der Waals surface area contributed by atoms with E-state index in [0.29, 0.717) is 18.0 Å². The zero-order valence-electron chi connectivity index (χ0n) is 15.8. The van der Waals surface area contributed by atoms with E-state index in [1.807, 2.05) is 38.9 Å². The molecule has 0 heterocycles. The third-order valence-electron chi connectivity index (χ3n) is 3.46. The Morgan fingerprint density at radius 3 is 2.58 bits per heavy atom.